The predicted molar refractivity (Wildman–Crippen MR) is 199 cm³/mol. The average molecular weight is 596 g/mol. The van der Waals surface area contributed by atoms with Gasteiger partial charge in [-0.25, -0.2) is 0 Å². The van der Waals surface area contributed by atoms with Gasteiger partial charge >= 0.3 is 0 Å². The van der Waals surface area contributed by atoms with Crippen molar-refractivity contribution in [1.29, 1.82) is 0 Å². The molecule has 0 bridgehead atoms. The first-order valence-corrected chi connectivity index (χ1v) is 16.5. The lowest BCUT2D eigenvalue weighted by molar-refractivity contribution is 0.663. The summed E-state index contributed by atoms with van der Waals surface area (Å²) in [5.74, 6) is 0. The van der Waals surface area contributed by atoms with Crippen LogP contribution >= 0.6 is 0 Å². The molecule has 0 saturated heterocycles. The number of para-hydroxylation sites is 1. The van der Waals surface area contributed by atoms with Crippen LogP contribution in [-0.4, -0.2) is 0 Å². The molecule has 0 unspecified atom stereocenters. The van der Waals surface area contributed by atoms with Crippen LogP contribution in [0.1, 0.15) is 50.8 Å². The summed E-state index contributed by atoms with van der Waals surface area (Å²) < 4.78 is 0. The van der Waals surface area contributed by atoms with E-state index in [0.29, 0.717) is 0 Å². The molecule has 0 heterocycles. The van der Waals surface area contributed by atoms with Gasteiger partial charge in [-0.1, -0.05) is 124 Å². The van der Waals surface area contributed by atoms with Crippen molar-refractivity contribution in [3.05, 3.63) is 168 Å². The summed E-state index contributed by atoms with van der Waals surface area (Å²) in [6.07, 6.45) is 7.67. The van der Waals surface area contributed by atoms with E-state index >= 15 is 0 Å². The van der Waals surface area contributed by atoms with Crippen LogP contribution in [0, 0.1) is 6.92 Å². The van der Waals surface area contributed by atoms with E-state index in [0.717, 1.165) is 23.5 Å². The van der Waals surface area contributed by atoms with E-state index in [1.807, 2.05) is 0 Å². The Balaban J connectivity index is 1.49. The Bertz CT molecular complexity index is 2110. The van der Waals surface area contributed by atoms with Gasteiger partial charge in [0.1, 0.15) is 0 Å². The van der Waals surface area contributed by atoms with Gasteiger partial charge in [0.2, 0.25) is 0 Å². The number of hydrogen-bond donors (Lipinski definition) is 0. The van der Waals surface area contributed by atoms with Crippen molar-refractivity contribution in [2.45, 2.75) is 46.5 Å². The van der Waals surface area contributed by atoms with Crippen molar-refractivity contribution >= 4 is 22.1 Å². The Morgan fingerprint density at radius 3 is 2.00 bits per heavy atom. The first-order valence-electron chi connectivity index (χ1n) is 16.5. The number of fused-ring (bicyclic) bond motifs is 4. The van der Waals surface area contributed by atoms with E-state index in [1.54, 1.807) is 0 Å². The number of rotatable bonds is 7. The highest BCUT2D eigenvalue weighted by Gasteiger charge is 2.39. The molecule has 0 fully saturated rings. The maximum absolute atomic E-state index is 2.43. The molecular formula is C45H41N. The molecule has 0 amide bonds. The van der Waals surface area contributed by atoms with Gasteiger partial charge in [-0.2, -0.15) is 0 Å². The third kappa shape index (κ3) is 5.07. The van der Waals surface area contributed by atoms with Crippen LogP contribution < -0.4 is 4.90 Å². The zero-order valence-corrected chi connectivity index (χ0v) is 27.5. The molecule has 46 heavy (non-hydrogen) atoms. The Morgan fingerprint density at radius 1 is 0.652 bits per heavy atom. The number of benzene rings is 6. The highest BCUT2D eigenvalue weighted by Crippen LogP contribution is 2.56. The summed E-state index contributed by atoms with van der Waals surface area (Å²) >= 11 is 0. The number of aryl methyl sites for hydroxylation is 1. The second-order valence-electron chi connectivity index (χ2n) is 12.9. The molecule has 1 aliphatic rings. The maximum Gasteiger partial charge on any atom is 0.0470 e. The minimum absolute atomic E-state index is 0.184. The molecule has 0 saturated carbocycles. The van der Waals surface area contributed by atoms with Gasteiger partial charge in [-0.05, 0) is 124 Å². The van der Waals surface area contributed by atoms with Crippen LogP contribution in [0.25, 0.3) is 44.2 Å². The second kappa shape index (κ2) is 12.0. The fourth-order valence-corrected chi connectivity index (χ4v) is 7.34. The van der Waals surface area contributed by atoms with Gasteiger partial charge in [0.05, 0.1) is 0 Å². The molecule has 0 aromatic heterocycles. The summed E-state index contributed by atoms with van der Waals surface area (Å²) in [4.78, 5) is 2.38. The average Bonchev–Trinajstić information content (AvgIpc) is 3.31. The van der Waals surface area contributed by atoms with E-state index in [2.05, 4.69) is 185 Å². The lowest BCUT2D eigenvalue weighted by Crippen LogP contribution is -2.17. The molecular weight excluding hydrogens is 555 g/mol. The topological polar surface area (TPSA) is 3.24 Å². The molecule has 226 valence electrons. The molecule has 1 heteroatoms. The SMILES string of the molecule is C/C=C(\C=C/CC)N(c1ccccc1)c1cc(C)cc(-c2ccc(-c3ccccc3)c3c2C(C)(C)c2cc4ccccc4cc2-3)c1. The quantitative estimate of drug-likeness (QED) is 0.166. The predicted octanol–water partition coefficient (Wildman–Crippen LogP) is 12.8. The lowest BCUT2D eigenvalue weighted by atomic mass is 9.77. The lowest BCUT2D eigenvalue weighted by Gasteiger charge is -2.29. The van der Waals surface area contributed by atoms with Gasteiger partial charge in [-0.3, -0.25) is 0 Å². The van der Waals surface area contributed by atoms with Gasteiger partial charge in [0.25, 0.3) is 0 Å². The van der Waals surface area contributed by atoms with Crippen molar-refractivity contribution in [1.82, 2.24) is 0 Å². The van der Waals surface area contributed by atoms with Gasteiger partial charge in [0.15, 0.2) is 0 Å². The zero-order chi connectivity index (χ0) is 31.8. The van der Waals surface area contributed by atoms with Crippen molar-refractivity contribution in [2.24, 2.45) is 0 Å². The molecule has 0 radical (unpaired) electrons. The molecule has 6 aromatic carbocycles. The van der Waals surface area contributed by atoms with E-state index in [1.165, 1.54) is 60.8 Å². The Morgan fingerprint density at radius 2 is 1.30 bits per heavy atom. The van der Waals surface area contributed by atoms with Gasteiger partial charge in [-0.15, -0.1) is 0 Å². The van der Waals surface area contributed by atoms with E-state index < -0.39 is 0 Å². The van der Waals surface area contributed by atoms with Crippen LogP contribution in [0.2, 0.25) is 0 Å². The molecule has 0 aliphatic heterocycles. The molecule has 6 aromatic rings. The van der Waals surface area contributed by atoms with E-state index in [4.69, 9.17) is 0 Å². The molecule has 0 N–H and O–H groups in total. The van der Waals surface area contributed by atoms with E-state index in [-0.39, 0.29) is 5.41 Å². The highest BCUT2D eigenvalue weighted by atomic mass is 15.1. The third-order valence-electron chi connectivity index (χ3n) is 9.47. The Labute approximate surface area is 274 Å². The first kappa shape index (κ1) is 29.6. The first-order chi connectivity index (χ1) is 22.4. The van der Waals surface area contributed by atoms with E-state index in [9.17, 15) is 0 Å². The Kier molecular flexibility index (Phi) is 7.70. The smallest absolute Gasteiger partial charge is 0.0470 e. The van der Waals surface area contributed by atoms with Crippen LogP contribution in [-0.2, 0) is 5.41 Å². The van der Waals surface area contributed by atoms with Crippen molar-refractivity contribution < 1.29 is 0 Å². The fourth-order valence-electron chi connectivity index (χ4n) is 7.34. The minimum atomic E-state index is -0.184. The Hall–Kier alpha value is -5.14. The minimum Gasteiger partial charge on any atom is -0.311 e. The van der Waals surface area contributed by atoms with Crippen LogP contribution in [0.15, 0.2) is 151 Å². The number of hydrogen-bond acceptors (Lipinski definition) is 1. The van der Waals surface area contributed by atoms with Crippen LogP contribution in [0.4, 0.5) is 11.4 Å². The summed E-state index contributed by atoms with van der Waals surface area (Å²) in [6.45, 7) is 11.3. The molecule has 1 aliphatic carbocycles. The van der Waals surface area contributed by atoms with Crippen molar-refractivity contribution in [3.8, 4) is 33.4 Å². The molecule has 0 atom stereocenters. The third-order valence-corrected chi connectivity index (χ3v) is 9.47. The summed E-state index contributed by atoms with van der Waals surface area (Å²) in [7, 11) is 0. The van der Waals surface area contributed by atoms with Crippen molar-refractivity contribution in [3.63, 3.8) is 0 Å². The molecule has 1 nitrogen and oxygen atoms in total. The monoisotopic (exact) mass is 595 g/mol. The normalized spacial score (nSPS) is 13.6. The van der Waals surface area contributed by atoms with Gasteiger partial charge < -0.3 is 4.90 Å². The number of anilines is 2. The summed E-state index contributed by atoms with van der Waals surface area (Å²) in [5.41, 5.74) is 15.1. The van der Waals surface area contributed by atoms with Crippen molar-refractivity contribution in [2.75, 3.05) is 4.90 Å². The largest absolute Gasteiger partial charge is 0.311 e. The molecule has 7 rings (SSSR count). The van der Waals surface area contributed by atoms with Gasteiger partial charge in [0, 0.05) is 22.5 Å². The summed E-state index contributed by atoms with van der Waals surface area (Å²) in [5, 5.41) is 2.57. The molecule has 0 spiro atoms. The number of allylic oxidation sites excluding steroid dienone is 3. The zero-order valence-electron chi connectivity index (χ0n) is 27.5. The summed E-state index contributed by atoms with van der Waals surface area (Å²) in [6, 6.07) is 47.0. The number of nitrogens with zero attached hydrogens (tertiary/aromatic N) is 1. The standard InChI is InChI=1S/C45H41N/c1-6-8-21-36(7-2)46(37-22-13-10-14-23-37)38-27-31(3)26-35(28-38)40-25-24-39(32-17-11-9-12-18-32)43-41-29-33-19-15-16-20-34(33)30-42(41)45(4,5)44(40)43/h7-30H,6H2,1-5H3/b21-8-,36-7+. The second-order valence-corrected chi connectivity index (χ2v) is 12.9. The van der Waals surface area contributed by atoms with Crippen LogP contribution in [0.3, 0.4) is 0 Å². The maximum atomic E-state index is 2.43. The fraction of sp³-hybridized carbons (Fsp3) is 0.156. The van der Waals surface area contributed by atoms with Crippen LogP contribution in [0.5, 0.6) is 0 Å². The highest BCUT2D eigenvalue weighted by molar-refractivity contribution is 6.01.